The van der Waals surface area contributed by atoms with Crippen LogP contribution in [0.5, 0.6) is 5.75 Å². The highest BCUT2D eigenvalue weighted by atomic mass is 35.5. The zero-order valence-electron chi connectivity index (χ0n) is 10.5. The van der Waals surface area contributed by atoms with E-state index in [0.29, 0.717) is 21.4 Å². The highest BCUT2D eigenvalue weighted by Gasteiger charge is 2.13. The molecule has 0 radical (unpaired) electrons. The molecule has 0 aromatic heterocycles. The van der Waals surface area contributed by atoms with Gasteiger partial charge in [-0.25, -0.2) is 0 Å². The number of ether oxygens (including phenoxy) is 1. The van der Waals surface area contributed by atoms with Crippen LogP contribution in [0.4, 0.5) is 0 Å². The molecule has 0 heterocycles. The van der Waals surface area contributed by atoms with Crippen LogP contribution in [0.2, 0.25) is 10.0 Å². The molecule has 0 saturated heterocycles. The molecule has 2 aromatic carbocycles. The third-order valence-corrected chi connectivity index (χ3v) is 3.71. The predicted molar refractivity (Wildman–Crippen MR) is 87.2 cm³/mol. The van der Waals surface area contributed by atoms with E-state index in [1.165, 1.54) is 0 Å². The van der Waals surface area contributed by atoms with Crippen molar-refractivity contribution < 1.29 is 4.74 Å². The summed E-state index contributed by atoms with van der Waals surface area (Å²) in [5.74, 6) is 0.667. The summed E-state index contributed by atoms with van der Waals surface area (Å²) in [6, 6.07) is 12.5. The van der Waals surface area contributed by atoms with Crippen LogP contribution in [0.15, 0.2) is 47.0 Å². The molecule has 0 spiro atoms. The van der Waals surface area contributed by atoms with Gasteiger partial charge in [0, 0.05) is 16.2 Å². The van der Waals surface area contributed by atoms with E-state index in [1.54, 1.807) is 31.4 Å². The molecule has 0 aliphatic carbocycles. The van der Waals surface area contributed by atoms with Gasteiger partial charge in [-0.15, -0.1) is 0 Å². The van der Waals surface area contributed by atoms with Gasteiger partial charge >= 0.3 is 0 Å². The van der Waals surface area contributed by atoms with E-state index in [1.807, 2.05) is 18.2 Å². The van der Waals surface area contributed by atoms with Crippen molar-refractivity contribution in [2.45, 2.75) is 0 Å². The van der Waals surface area contributed by atoms with Crippen molar-refractivity contribution in [3.63, 3.8) is 0 Å². The molecule has 0 aliphatic rings. The second kappa shape index (κ2) is 6.73. The molecule has 2 rings (SSSR count). The third-order valence-electron chi connectivity index (χ3n) is 2.77. The Morgan fingerprint density at radius 2 is 1.60 bits per heavy atom. The van der Waals surface area contributed by atoms with Crippen molar-refractivity contribution in [3.8, 4) is 5.75 Å². The van der Waals surface area contributed by atoms with Crippen LogP contribution >= 0.6 is 46.4 Å². The molecular formula is C15H10Cl4O. The monoisotopic (exact) mass is 346 g/mol. The summed E-state index contributed by atoms with van der Waals surface area (Å²) in [4.78, 5) is 0. The van der Waals surface area contributed by atoms with Gasteiger partial charge in [-0.05, 0) is 35.9 Å². The molecule has 0 unspecified atom stereocenters. The fourth-order valence-electron chi connectivity index (χ4n) is 1.81. The Morgan fingerprint density at radius 3 is 2.10 bits per heavy atom. The Labute approximate surface area is 137 Å². The van der Waals surface area contributed by atoms with Crippen LogP contribution in [-0.2, 0) is 0 Å². The van der Waals surface area contributed by atoms with E-state index < -0.39 is 0 Å². The molecule has 104 valence electrons. The fraction of sp³-hybridized carbons (Fsp3) is 0.0667. The van der Waals surface area contributed by atoms with Gasteiger partial charge in [0.2, 0.25) is 0 Å². The normalized spacial score (nSPS) is 10.2. The van der Waals surface area contributed by atoms with E-state index in [0.717, 1.165) is 11.1 Å². The molecule has 2 aromatic rings. The van der Waals surface area contributed by atoms with E-state index >= 15 is 0 Å². The lowest BCUT2D eigenvalue weighted by Crippen LogP contribution is -1.92. The summed E-state index contributed by atoms with van der Waals surface area (Å²) >= 11 is 24.2. The first-order valence-electron chi connectivity index (χ1n) is 5.68. The number of methoxy groups -OCH3 is 1. The Kier molecular flexibility index (Phi) is 5.22. The maximum absolute atomic E-state index is 6.27. The lowest BCUT2D eigenvalue weighted by Gasteiger charge is -2.12. The van der Waals surface area contributed by atoms with Crippen molar-refractivity contribution in [3.05, 3.63) is 68.1 Å². The van der Waals surface area contributed by atoms with E-state index in [-0.39, 0.29) is 4.49 Å². The van der Waals surface area contributed by atoms with Crippen molar-refractivity contribution in [1.82, 2.24) is 0 Å². The van der Waals surface area contributed by atoms with Gasteiger partial charge in [0.15, 0.2) is 0 Å². The van der Waals surface area contributed by atoms with Gasteiger partial charge in [0.25, 0.3) is 0 Å². The summed E-state index contributed by atoms with van der Waals surface area (Å²) in [7, 11) is 1.58. The van der Waals surface area contributed by atoms with Crippen molar-refractivity contribution in [1.29, 1.82) is 0 Å². The molecule has 1 nitrogen and oxygen atoms in total. The van der Waals surface area contributed by atoms with Gasteiger partial charge in [-0.1, -0.05) is 58.5 Å². The summed E-state index contributed by atoms with van der Waals surface area (Å²) in [6.45, 7) is 0. The first-order chi connectivity index (χ1) is 9.52. The Morgan fingerprint density at radius 1 is 0.950 bits per heavy atom. The molecule has 0 atom stereocenters. The summed E-state index contributed by atoms with van der Waals surface area (Å²) in [6.07, 6.45) is 0. The van der Waals surface area contributed by atoms with E-state index in [9.17, 15) is 0 Å². The average Bonchev–Trinajstić information content (AvgIpc) is 2.42. The number of hydrogen-bond donors (Lipinski definition) is 0. The minimum absolute atomic E-state index is 0.138. The van der Waals surface area contributed by atoms with Crippen LogP contribution in [0, 0.1) is 0 Å². The zero-order chi connectivity index (χ0) is 14.7. The maximum atomic E-state index is 6.27. The lowest BCUT2D eigenvalue weighted by atomic mass is 9.99. The zero-order valence-corrected chi connectivity index (χ0v) is 13.5. The first-order valence-corrected chi connectivity index (χ1v) is 7.19. The number of hydrogen-bond acceptors (Lipinski definition) is 1. The van der Waals surface area contributed by atoms with Gasteiger partial charge in [-0.3, -0.25) is 0 Å². The largest absolute Gasteiger partial charge is 0.497 e. The second-order valence-electron chi connectivity index (χ2n) is 3.99. The third kappa shape index (κ3) is 3.42. The minimum Gasteiger partial charge on any atom is -0.497 e. The smallest absolute Gasteiger partial charge is 0.120 e. The highest BCUT2D eigenvalue weighted by molar-refractivity contribution is 6.59. The van der Waals surface area contributed by atoms with Gasteiger partial charge in [0.05, 0.1) is 12.1 Å². The number of rotatable bonds is 3. The molecular weight excluding hydrogens is 338 g/mol. The summed E-state index contributed by atoms with van der Waals surface area (Å²) < 4.78 is 5.27. The quantitative estimate of drug-likeness (QED) is 0.642. The molecule has 0 fully saturated rings. The van der Waals surface area contributed by atoms with Gasteiger partial charge in [0.1, 0.15) is 10.2 Å². The van der Waals surface area contributed by atoms with Crippen molar-refractivity contribution in [2.24, 2.45) is 0 Å². The van der Waals surface area contributed by atoms with E-state index in [4.69, 9.17) is 51.1 Å². The van der Waals surface area contributed by atoms with Gasteiger partial charge < -0.3 is 4.74 Å². The Hall–Kier alpha value is -0.860. The SMILES string of the molecule is COc1ccc(C(=C(Cl)Cl)c2ccc(Cl)cc2)c(Cl)c1. The number of benzene rings is 2. The second-order valence-corrected chi connectivity index (χ2v) is 5.78. The number of halogens is 4. The van der Waals surface area contributed by atoms with Crippen LogP contribution in [0.25, 0.3) is 5.57 Å². The molecule has 0 aliphatic heterocycles. The molecule has 0 N–H and O–H groups in total. The predicted octanol–water partition coefficient (Wildman–Crippen LogP) is 6.20. The van der Waals surface area contributed by atoms with Gasteiger partial charge in [-0.2, -0.15) is 0 Å². The molecule has 5 heteroatoms. The topological polar surface area (TPSA) is 9.23 Å². The molecule has 20 heavy (non-hydrogen) atoms. The van der Waals surface area contributed by atoms with Crippen molar-refractivity contribution in [2.75, 3.05) is 7.11 Å². The standard InChI is InChI=1S/C15H10Cl4O/c1-20-11-6-7-12(13(17)8-11)14(15(18)19)9-2-4-10(16)5-3-9/h2-8H,1H3. The summed E-state index contributed by atoms with van der Waals surface area (Å²) in [5, 5.41) is 1.15. The Balaban J connectivity index is 2.56. The first kappa shape index (κ1) is 15.5. The van der Waals surface area contributed by atoms with Crippen LogP contribution < -0.4 is 4.74 Å². The molecule has 0 amide bonds. The highest BCUT2D eigenvalue weighted by Crippen LogP contribution is 2.36. The molecule has 0 bridgehead atoms. The maximum Gasteiger partial charge on any atom is 0.120 e. The fourth-order valence-corrected chi connectivity index (χ4v) is 2.62. The van der Waals surface area contributed by atoms with Crippen molar-refractivity contribution >= 4 is 52.0 Å². The minimum atomic E-state index is 0.138. The molecule has 0 saturated carbocycles. The van der Waals surface area contributed by atoms with Crippen LogP contribution in [-0.4, -0.2) is 7.11 Å². The average molecular weight is 348 g/mol. The van der Waals surface area contributed by atoms with Crippen LogP contribution in [0.3, 0.4) is 0 Å². The van der Waals surface area contributed by atoms with Crippen LogP contribution in [0.1, 0.15) is 11.1 Å². The van der Waals surface area contributed by atoms with E-state index in [2.05, 4.69) is 0 Å². The summed E-state index contributed by atoms with van der Waals surface area (Å²) in [5.41, 5.74) is 2.22. The lowest BCUT2D eigenvalue weighted by molar-refractivity contribution is 0.415. The Bertz CT molecular complexity index is 643.